The second kappa shape index (κ2) is 8.74. The van der Waals surface area contributed by atoms with Crippen molar-refractivity contribution in [2.75, 3.05) is 18.5 Å². The van der Waals surface area contributed by atoms with Gasteiger partial charge in [-0.15, -0.1) is 0 Å². The first-order valence-electron chi connectivity index (χ1n) is 9.92. The molecule has 0 fully saturated rings. The normalized spacial score (nSPS) is 16.0. The molecule has 0 radical (unpaired) electrons. The molecule has 6 nitrogen and oxygen atoms in total. The van der Waals surface area contributed by atoms with Crippen molar-refractivity contribution in [1.29, 1.82) is 0 Å². The molecule has 1 aromatic carbocycles. The topological polar surface area (TPSA) is 73.9 Å². The van der Waals surface area contributed by atoms with Gasteiger partial charge in [-0.2, -0.15) is 0 Å². The zero-order chi connectivity index (χ0) is 19.4. The second-order valence-electron chi connectivity index (χ2n) is 7.39. The smallest absolute Gasteiger partial charge is 0.412 e. The highest BCUT2D eigenvalue weighted by atomic mass is 16.6. The van der Waals surface area contributed by atoms with E-state index in [0.29, 0.717) is 0 Å². The third kappa shape index (κ3) is 4.61. The fraction of sp³-hybridized carbons (Fsp3) is 0.619. The molecule has 0 saturated heterocycles. The number of benzene rings is 1. The quantitative estimate of drug-likeness (QED) is 0.738. The summed E-state index contributed by atoms with van der Waals surface area (Å²) >= 11 is 0. The summed E-state index contributed by atoms with van der Waals surface area (Å²) in [7, 11) is 0. The Morgan fingerprint density at radius 3 is 2.26 bits per heavy atom. The molecule has 1 amide bonds. The lowest BCUT2D eigenvalue weighted by Crippen LogP contribution is -2.36. The van der Waals surface area contributed by atoms with Crippen molar-refractivity contribution in [1.82, 2.24) is 0 Å². The molecule has 0 heterocycles. The number of rotatable bonds is 7. The SMILES string of the molecule is CCOC(=O)[C@@H](COC(C)C)OC(=O)Nc1c2c(cc3c1CCC3)CCC2. The molecule has 1 N–H and O–H groups in total. The van der Waals surface area contributed by atoms with E-state index in [2.05, 4.69) is 11.4 Å². The third-order valence-electron chi connectivity index (χ3n) is 5.08. The maximum atomic E-state index is 12.6. The minimum Gasteiger partial charge on any atom is -0.463 e. The Bertz CT molecular complexity index is 681. The Balaban J connectivity index is 1.73. The van der Waals surface area contributed by atoms with Gasteiger partial charge in [0, 0.05) is 0 Å². The van der Waals surface area contributed by atoms with Crippen molar-refractivity contribution >= 4 is 17.7 Å². The van der Waals surface area contributed by atoms with Gasteiger partial charge >= 0.3 is 12.1 Å². The number of hydrogen-bond acceptors (Lipinski definition) is 5. The molecule has 0 bridgehead atoms. The number of amides is 1. The lowest BCUT2D eigenvalue weighted by molar-refractivity contribution is -0.156. The van der Waals surface area contributed by atoms with E-state index in [0.717, 1.165) is 44.2 Å². The van der Waals surface area contributed by atoms with Crippen LogP contribution in [0.1, 0.15) is 55.9 Å². The molecule has 148 valence electrons. The molecule has 0 unspecified atom stereocenters. The highest BCUT2D eigenvalue weighted by Crippen LogP contribution is 2.38. The highest BCUT2D eigenvalue weighted by molar-refractivity contribution is 5.90. The van der Waals surface area contributed by atoms with E-state index in [9.17, 15) is 9.59 Å². The van der Waals surface area contributed by atoms with Crippen molar-refractivity contribution in [3.05, 3.63) is 28.3 Å². The first-order valence-corrected chi connectivity index (χ1v) is 9.92. The lowest BCUT2D eigenvalue weighted by atomic mass is 9.99. The van der Waals surface area contributed by atoms with Gasteiger partial charge in [0.2, 0.25) is 6.10 Å². The largest absolute Gasteiger partial charge is 0.463 e. The maximum absolute atomic E-state index is 12.6. The van der Waals surface area contributed by atoms with Crippen molar-refractivity contribution < 1.29 is 23.8 Å². The Hall–Kier alpha value is -2.08. The number of fused-ring (bicyclic) bond motifs is 2. The number of nitrogens with one attached hydrogen (secondary N) is 1. The van der Waals surface area contributed by atoms with E-state index in [1.807, 2.05) is 13.8 Å². The molecule has 27 heavy (non-hydrogen) atoms. The first-order chi connectivity index (χ1) is 13.0. The van der Waals surface area contributed by atoms with Crippen molar-refractivity contribution in [2.45, 2.75) is 71.5 Å². The molecular weight excluding hydrogens is 346 g/mol. The summed E-state index contributed by atoms with van der Waals surface area (Å²) in [5.74, 6) is -0.586. The van der Waals surface area contributed by atoms with Crippen LogP contribution in [0.3, 0.4) is 0 Å². The Morgan fingerprint density at radius 1 is 1.07 bits per heavy atom. The number of anilines is 1. The van der Waals surface area contributed by atoms with Crippen LogP contribution in [0.2, 0.25) is 0 Å². The van der Waals surface area contributed by atoms with Crippen molar-refractivity contribution in [3.8, 4) is 0 Å². The van der Waals surface area contributed by atoms with Gasteiger partial charge in [-0.05, 0) is 81.5 Å². The van der Waals surface area contributed by atoms with Crippen LogP contribution in [0.25, 0.3) is 0 Å². The lowest BCUT2D eigenvalue weighted by Gasteiger charge is -2.20. The summed E-state index contributed by atoms with van der Waals surface area (Å²) in [6, 6.07) is 2.30. The van der Waals surface area contributed by atoms with Crippen LogP contribution in [-0.2, 0) is 44.7 Å². The predicted molar refractivity (Wildman–Crippen MR) is 102 cm³/mol. The minimum absolute atomic E-state index is 0.0189. The van der Waals surface area contributed by atoms with Crippen molar-refractivity contribution in [2.24, 2.45) is 0 Å². The Labute approximate surface area is 160 Å². The molecule has 3 rings (SSSR count). The van der Waals surface area contributed by atoms with Gasteiger partial charge in [-0.25, -0.2) is 9.59 Å². The first kappa shape index (κ1) is 19.7. The summed E-state index contributed by atoms with van der Waals surface area (Å²) in [6.45, 7) is 5.64. The molecule has 6 heteroatoms. The van der Waals surface area contributed by atoms with Gasteiger partial charge in [0.1, 0.15) is 0 Å². The summed E-state index contributed by atoms with van der Waals surface area (Å²) in [5, 5.41) is 2.93. The molecule has 1 aromatic rings. The van der Waals surface area contributed by atoms with Crippen LogP contribution in [0.15, 0.2) is 6.07 Å². The van der Waals surface area contributed by atoms with E-state index in [4.69, 9.17) is 14.2 Å². The molecule has 2 aliphatic rings. The number of hydrogen-bond donors (Lipinski definition) is 1. The Morgan fingerprint density at radius 2 is 1.70 bits per heavy atom. The highest BCUT2D eigenvalue weighted by Gasteiger charge is 2.28. The molecule has 2 aliphatic carbocycles. The van der Waals surface area contributed by atoms with E-state index in [-0.39, 0.29) is 19.3 Å². The Kier molecular flexibility index (Phi) is 6.37. The predicted octanol–water partition coefficient (Wildman–Crippen LogP) is 3.57. The monoisotopic (exact) mass is 375 g/mol. The van der Waals surface area contributed by atoms with Crippen molar-refractivity contribution in [3.63, 3.8) is 0 Å². The number of esters is 1. The number of ether oxygens (including phenoxy) is 3. The minimum atomic E-state index is -1.07. The summed E-state index contributed by atoms with van der Waals surface area (Å²) in [5.41, 5.74) is 6.00. The van der Waals surface area contributed by atoms with E-state index >= 15 is 0 Å². The zero-order valence-corrected chi connectivity index (χ0v) is 16.4. The second-order valence-corrected chi connectivity index (χ2v) is 7.39. The zero-order valence-electron chi connectivity index (χ0n) is 16.4. The molecule has 0 spiro atoms. The molecule has 1 atom stereocenters. The van der Waals surface area contributed by atoms with Crippen LogP contribution >= 0.6 is 0 Å². The standard InChI is InChI=1S/C21H29NO5/c1-4-25-20(23)18(12-26-13(2)3)27-21(24)22-19-16-9-5-7-14(16)11-15-8-6-10-17(15)19/h11,13,18H,4-10,12H2,1-3H3,(H,22,24)/t18-/m1/s1. The molecule has 0 saturated carbocycles. The average molecular weight is 375 g/mol. The third-order valence-corrected chi connectivity index (χ3v) is 5.08. The fourth-order valence-corrected chi connectivity index (χ4v) is 3.89. The van der Waals surface area contributed by atoms with Gasteiger partial charge < -0.3 is 14.2 Å². The van der Waals surface area contributed by atoms with Crippen LogP contribution in [0.5, 0.6) is 0 Å². The van der Waals surface area contributed by atoms with Gasteiger partial charge in [0.25, 0.3) is 0 Å². The molecular formula is C21H29NO5. The molecule has 0 aliphatic heterocycles. The number of carbonyl (C=O) groups excluding carboxylic acids is 2. The van der Waals surface area contributed by atoms with Crippen LogP contribution in [0.4, 0.5) is 10.5 Å². The van der Waals surface area contributed by atoms with E-state index in [1.165, 1.54) is 22.3 Å². The van der Waals surface area contributed by atoms with Gasteiger partial charge in [-0.3, -0.25) is 5.32 Å². The number of carbonyl (C=O) groups is 2. The van der Waals surface area contributed by atoms with Gasteiger partial charge in [0.05, 0.1) is 25.0 Å². The summed E-state index contributed by atoms with van der Waals surface area (Å²) < 4.78 is 15.9. The van der Waals surface area contributed by atoms with Crippen LogP contribution in [-0.4, -0.2) is 37.5 Å². The maximum Gasteiger partial charge on any atom is 0.412 e. The van der Waals surface area contributed by atoms with Gasteiger partial charge in [0.15, 0.2) is 0 Å². The summed E-state index contributed by atoms with van der Waals surface area (Å²) in [6.07, 6.45) is 4.48. The van der Waals surface area contributed by atoms with Crippen LogP contribution < -0.4 is 5.32 Å². The molecule has 0 aromatic heterocycles. The fourth-order valence-electron chi connectivity index (χ4n) is 3.89. The average Bonchev–Trinajstić information content (AvgIpc) is 3.27. The van der Waals surface area contributed by atoms with Gasteiger partial charge in [-0.1, -0.05) is 6.07 Å². The van der Waals surface area contributed by atoms with Crippen LogP contribution in [0, 0.1) is 0 Å². The van der Waals surface area contributed by atoms with E-state index < -0.39 is 18.2 Å². The summed E-state index contributed by atoms with van der Waals surface area (Å²) in [4.78, 5) is 24.7. The number of aryl methyl sites for hydroxylation is 2. The van der Waals surface area contributed by atoms with E-state index in [1.54, 1.807) is 6.92 Å².